The number of para-hydroxylation sites is 1. The summed E-state index contributed by atoms with van der Waals surface area (Å²) in [6, 6.07) is 12.0. The molecule has 8 nitrogen and oxygen atoms in total. The van der Waals surface area contributed by atoms with E-state index in [-0.39, 0.29) is 38.7 Å². The fourth-order valence-electron chi connectivity index (χ4n) is 3.54. The van der Waals surface area contributed by atoms with Crippen molar-refractivity contribution in [2.24, 2.45) is 0 Å². The largest absolute Gasteiger partial charge is 0.478 e. The van der Waals surface area contributed by atoms with Gasteiger partial charge in [0.25, 0.3) is 0 Å². The SMILES string of the molecule is CC1=C(C(=O)O)C(c2ccccc2OS(=O)(=O)c2ccc(C)cc2)C(C(=O)O)=C(C)N1. The summed E-state index contributed by atoms with van der Waals surface area (Å²) in [5, 5.41) is 22.3. The van der Waals surface area contributed by atoms with E-state index in [9.17, 15) is 28.2 Å². The third-order valence-electron chi connectivity index (χ3n) is 4.96. The maximum absolute atomic E-state index is 12.8. The van der Waals surface area contributed by atoms with Crippen molar-refractivity contribution in [1.29, 1.82) is 0 Å². The van der Waals surface area contributed by atoms with Crippen LogP contribution in [-0.4, -0.2) is 30.6 Å². The van der Waals surface area contributed by atoms with Gasteiger partial charge in [0.15, 0.2) is 0 Å². The molecule has 0 radical (unpaired) electrons. The maximum atomic E-state index is 12.8. The molecule has 0 saturated carbocycles. The Bertz CT molecular complexity index is 1190. The van der Waals surface area contributed by atoms with Gasteiger partial charge < -0.3 is 19.7 Å². The molecule has 9 heteroatoms. The zero-order valence-corrected chi connectivity index (χ0v) is 17.9. The lowest BCUT2D eigenvalue weighted by Gasteiger charge is -2.29. The standard InChI is InChI=1S/C22H21NO7S/c1-12-8-10-15(11-9-12)31(28,29)30-17-7-5-4-6-16(17)20-18(21(24)25)13(2)23-14(3)19(20)22(26)27/h4-11,20,23H,1-3H3,(H,24,25)(H,26,27). The van der Waals surface area contributed by atoms with Crippen molar-refractivity contribution in [3.63, 3.8) is 0 Å². The highest BCUT2D eigenvalue weighted by molar-refractivity contribution is 7.87. The highest BCUT2D eigenvalue weighted by Crippen LogP contribution is 2.42. The first-order chi connectivity index (χ1) is 14.5. The van der Waals surface area contributed by atoms with Crippen LogP contribution in [0.25, 0.3) is 0 Å². The zero-order chi connectivity index (χ0) is 22.9. The molecule has 0 fully saturated rings. The Hall–Kier alpha value is -3.59. The summed E-state index contributed by atoms with van der Waals surface area (Å²) in [6.07, 6.45) is 0. The van der Waals surface area contributed by atoms with E-state index in [1.54, 1.807) is 18.2 Å². The molecular formula is C22H21NO7S. The first-order valence-corrected chi connectivity index (χ1v) is 10.7. The van der Waals surface area contributed by atoms with E-state index >= 15 is 0 Å². The number of dihydropyridines is 1. The van der Waals surface area contributed by atoms with Gasteiger partial charge in [0.1, 0.15) is 10.6 Å². The van der Waals surface area contributed by atoms with Gasteiger partial charge >= 0.3 is 22.1 Å². The molecule has 0 spiro atoms. The molecule has 0 amide bonds. The molecule has 31 heavy (non-hydrogen) atoms. The summed E-state index contributed by atoms with van der Waals surface area (Å²) >= 11 is 0. The first kappa shape index (κ1) is 22.1. The quantitative estimate of drug-likeness (QED) is 0.581. The molecule has 162 valence electrons. The minimum absolute atomic E-state index is 0.0754. The number of aryl methyl sites for hydroxylation is 1. The molecule has 1 aliphatic heterocycles. The van der Waals surface area contributed by atoms with Gasteiger partial charge in [-0.15, -0.1) is 0 Å². The van der Waals surface area contributed by atoms with Gasteiger partial charge in [-0.05, 0) is 39.0 Å². The second-order valence-corrected chi connectivity index (χ2v) is 8.68. The molecule has 1 aliphatic rings. The fraction of sp³-hybridized carbons (Fsp3) is 0.182. The number of carboxylic acids is 2. The fourth-order valence-corrected chi connectivity index (χ4v) is 4.49. The minimum Gasteiger partial charge on any atom is -0.478 e. The van der Waals surface area contributed by atoms with Crippen molar-refractivity contribution in [3.05, 3.63) is 82.2 Å². The number of aliphatic carboxylic acids is 2. The van der Waals surface area contributed by atoms with Gasteiger partial charge in [-0.2, -0.15) is 8.42 Å². The molecule has 0 bridgehead atoms. The van der Waals surface area contributed by atoms with E-state index in [1.165, 1.54) is 44.2 Å². The second kappa shape index (κ2) is 8.27. The number of allylic oxidation sites excluding steroid dienone is 2. The molecule has 0 unspecified atom stereocenters. The van der Waals surface area contributed by atoms with Gasteiger partial charge in [0.05, 0.1) is 17.1 Å². The third-order valence-corrected chi connectivity index (χ3v) is 6.21. The Kier molecular flexibility index (Phi) is 5.90. The van der Waals surface area contributed by atoms with Gasteiger partial charge in [-0.25, -0.2) is 9.59 Å². The summed E-state index contributed by atoms with van der Waals surface area (Å²) in [4.78, 5) is 23.9. The van der Waals surface area contributed by atoms with Gasteiger partial charge in [0, 0.05) is 17.0 Å². The minimum atomic E-state index is -4.24. The van der Waals surface area contributed by atoms with Crippen molar-refractivity contribution in [2.45, 2.75) is 31.6 Å². The molecule has 0 saturated heterocycles. The van der Waals surface area contributed by atoms with Crippen molar-refractivity contribution in [3.8, 4) is 5.75 Å². The van der Waals surface area contributed by atoms with Gasteiger partial charge in [-0.3, -0.25) is 0 Å². The normalized spacial score (nSPS) is 14.9. The van der Waals surface area contributed by atoms with Crippen molar-refractivity contribution in [1.82, 2.24) is 5.32 Å². The van der Waals surface area contributed by atoms with Crippen molar-refractivity contribution >= 4 is 22.1 Å². The Balaban J connectivity index is 2.17. The van der Waals surface area contributed by atoms with Gasteiger partial charge in [0.2, 0.25) is 0 Å². The smallest absolute Gasteiger partial charge is 0.339 e. The molecule has 1 heterocycles. The molecular weight excluding hydrogens is 422 g/mol. The average Bonchev–Trinajstić information content (AvgIpc) is 2.67. The highest BCUT2D eigenvalue weighted by atomic mass is 32.2. The van der Waals surface area contributed by atoms with E-state index in [0.717, 1.165) is 5.56 Å². The lowest BCUT2D eigenvalue weighted by Crippen LogP contribution is -2.31. The number of nitrogens with one attached hydrogen (secondary N) is 1. The number of carbonyl (C=O) groups is 2. The Morgan fingerprint density at radius 1 is 0.871 bits per heavy atom. The molecule has 0 aromatic heterocycles. The number of hydrogen-bond acceptors (Lipinski definition) is 6. The molecule has 2 aromatic rings. The van der Waals surface area contributed by atoms with E-state index in [2.05, 4.69) is 5.32 Å². The summed E-state index contributed by atoms with van der Waals surface area (Å²) in [5.74, 6) is -4.02. The Labute approximate surface area is 179 Å². The predicted octanol–water partition coefficient (Wildman–Crippen LogP) is 3.17. The summed E-state index contributed by atoms with van der Waals surface area (Å²) in [7, 11) is -4.24. The van der Waals surface area contributed by atoms with Crippen LogP contribution in [0.15, 0.2) is 76.0 Å². The number of rotatable bonds is 6. The lowest BCUT2D eigenvalue weighted by molar-refractivity contribution is -0.133. The van der Waals surface area contributed by atoms with Crippen LogP contribution in [0.4, 0.5) is 0 Å². The summed E-state index contributed by atoms with van der Waals surface area (Å²) in [5.41, 5.74) is 1.10. The lowest BCUT2D eigenvalue weighted by atomic mass is 9.80. The highest BCUT2D eigenvalue weighted by Gasteiger charge is 2.38. The summed E-state index contributed by atoms with van der Waals surface area (Å²) in [6.45, 7) is 4.85. The maximum Gasteiger partial charge on any atom is 0.339 e. The Morgan fingerprint density at radius 2 is 1.39 bits per heavy atom. The third kappa shape index (κ3) is 4.31. The van der Waals surface area contributed by atoms with Crippen LogP contribution in [0.5, 0.6) is 5.75 Å². The van der Waals surface area contributed by atoms with Gasteiger partial charge in [-0.1, -0.05) is 35.9 Å². The molecule has 3 rings (SSSR count). The van der Waals surface area contributed by atoms with E-state index in [0.29, 0.717) is 0 Å². The second-order valence-electron chi connectivity index (χ2n) is 7.13. The van der Waals surface area contributed by atoms with Crippen LogP contribution >= 0.6 is 0 Å². The van der Waals surface area contributed by atoms with Crippen LogP contribution in [0.3, 0.4) is 0 Å². The molecule has 2 aromatic carbocycles. The van der Waals surface area contributed by atoms with Crippen LogP contribution in [0.1, 0.15) is 30.9 Å². The molecule has 0 aliphatic carbocycles. The van der Waals surface area contributed by atoms with E-state index in [1.807, 2.05) is 6.92 Å². The van der Waals surface area contributed by atoms with Crippen LogP contribution in [-0.2, 0) is 19.7 Å². The topological polar surface area (TPSA) is 130 Å². The monoisotopic (exact) mass is 443 g/mol. The average molecular weight is 443 g/mol. The summed E-state index contributed by atoms with van der Waals surface area (Å²) < 4.78 is 31.0. The van der Waals surface area contributed by atoms with Crippen LogP contribution in [0.2, 0.25) is 0 Å². The predicted molar refractivity (Wildman–Crippen MR) is 112 cm³/mol. The van der Waals surface area contributed by atoms with Crippen molar-refractivity contribution in [2.75, 3.05) is 0 Å². The van der Waals surface area contributed by atoms with E-state index in [4.69, 9.17) is 4.18 Å². The first-order valence-electron chi connectivity index (χ1n) is 9.28. The number of hydrogen-bond donors (Lipinski definition) is 3. The van der Waals surface area contributed by atoms with Crippen molar-refractivity contribution < 1.29 is 32.4 Å². The zero-order valence-electron chi connectivity index (χ0n) is 17.0. The van der Waals surface area contributed by atoms with E-state index < -0.39 is 28.0 Å². The number of benzene rings is 2. The van der Waals surface area contributed by atoms with Crippen LogP contribution < -0.4 is 9.50 Å². The molecule has 0 atom stereocenters. The molecule has 3 N–H and O–H groups in total. The Morgan fingerprint density at radius 3 is 1.90 bits per heavy atom. The van der Waals surface area contributed by atoms with Crippen LogP contribution in [0, 0.1) is 6.92 Å². The number of carboxylic acid groups (broad SMARTS) is 2.